The predicted octanol–water partition coefficient (Wildman–Crippen LogP) is 9.58. The molecular weight excluding hydrogens is 599 g/mol. The molecule has 0 atom stereocenters. The Hall–Kier alpha value is -4.97. The van der Waals surface area contributed by atoms with Crippen LogP contribution in [0.15, 0.2) is 152 Å². The number of benzene rings is 7. The molecule has 0 amide bonds. The van der Waals surface area contributed by atoms with E-state index in [9.17, 15) is 0 Å². The average Bonchev–Trinajstić information content (AvgIpc) is 3.48. The Morgan fingerprint density at radius 2 is 0.957 bits per heavy atom. The molecule has 2 aliphatic rings. The lowest BCUT2D eigenvalue weighted by atomic mass is 9.98. The van der Waals surface area contributed by atoms with Crippen molar-refractivity contribution in [3.05, 3.63) is 152 Å². The van der Waals surface area contributed by atoms with E-state index in [2.05, 4.69) is 183 Å². The fraction of sp³-hybridized carbons (Fsp3) is 0.0909. The lowest BCUT2D eigenvalue weighted by molar-refractivity contribution is 1.30. The molecule has 47 heavy (non-hydrogen) atoms. The summed E-state index contributed by atoms with van der Waals surface area (Å²) >= 11 is 0. The number of hydrogen-bond donors (Lipinski definition) is 0. The first-order valence-electron chi connectivity index (χ1n) is 16.7. The molecule has 2 aliphatic heterocycles. The minimum atomic E-state index is -1.98. The number of rotatable bonds is 4. The summed E-state index contributed by atoms with van der Waals surface area (Å²) < 4.78 is 0. The summed E-state index contributed by atoms with van der Waals surface area (Å²) in [6, 6.07) is 57.0. The largest absolute Gasteiger partial charge is 0.311 e. The van der Waals surface area contributed by atoms with Crippen molar-refractivity contribution in [2.75, 3.05) is 4.90 Å². The monoisotopic (exact) mass is 635 g/mol. The molecule has 0 bridgehead atoms. The van der Waals surface area contributed by atoms with Crippen LogP contribution in [0.2, 0.25) is 26.2 Å². The molecule has 9 rings (SSSR count). The van der Waals surface area contributed by atoms with Gasteiger partial charge in [0.15, 0.2) is 0 Å². The molecule has 0 radical (unpaired) electrons. The van der Waals surface area contributed by atoms with Crippen LogP contribution < -0.4 is 25.6 Å². The molecule has 0 saturated heterocycles. The Labute approximate surface area is 279 Å². The molecule has 0 saturated carbocycles. The van der Waals surface area contributed by atoms with Gasteiger partial charge in [0, 0.05) is 17.1 Å². The van der Waals surface area contributed by atoms with Gasteiger partial charge in [0.05, 0.1) is 0 Å². The SMILES string of the molecule is C[Si]1(C)c2ccccc2-c2ccc(N(c3ccc(-c4cccc5ccccc45)cc3)c3cccc4c3[Si](C)(C)c3ccccc3-4)cc21. The Morgan fingerprint density at radius 1 is 0.404 bits per heavy atom. The van der Waals surface area contributed by atoms with Gasteiger partial charge in [-0.05, 0) is 95.2 Å². The van der Waals surface area contributed by atoms with Crippen LogP contribution in [0.5, 0.6) is 0 Å². The van der Waals surface area contributed by atoms with Crippen LogP contribution in [0.25, 0.3) is 44.2 Å². The highest BCUT2D eigenvalue weighted by Gasteiger charge is 2.41. The molecule has 3 heteroatoms. The van der Waals surface area contributed by atoms with Gasteiger partial charge in [0.2, 0.25) is 0 Å². The van der Waals surface area contributed by atoms with Crippen molar-refractivity contribution < 1.29 is 0 Å². The summed E-state index contributed by atoms with van der Waals surface area (Å²) in [4.78, 5) is 2.56. The van der Waals surface area contributed by atoms with E-state index in [4.69, 9.17) is 0 Å². The van der Waals surface area contributed by atoms with E-state index in [-0.39, 0.29) is 0 Å². The van der Waals surface area contributed by atoms with Crippen LogP contribution in [-0.2, 0) is 0 Å². The van der Waals surface area contributed by atoms with Gasteiger partial charge in [0.1, 0.15) is 16.1 Å². The van der Waals surface area contributed by atoms with Gasteiger partial charge in [-0.2, -0.15) is 0 Å². The maximum atomic E-state index is 2.56. The molecule has 1 nitrogen and oxygen atoms in total. The number of hydrogen-bond acceptors (Lipinski definition) is 1. The molecule has 7 aromatic rings. The van der Waals surface area contributed by atoms with E-state index >= 15 is 0 Å². The van der Waals surface area contributed by atoms with Crippen molar-refractivity contribution in [1.82, 2.24) is 0 Å². The maximum Gasteiger partial charge on any atom is 0.116 e. The van der Waals surface area contributed by atoms with Crippen LogP contribution in [-0.4, -0.2) is 16.1 Å². The van der Waals surface area contributed by atoms with Crippen LogP contribution in [0.4, 0.5) is 17.1 Å². The second-order valence-electron chi connectivity index (χ2n) is 14.2. The molecule has 0 unspecified atom stereocenters. The summed E-state index contributed by atoms with van der Waals surface area (Å²) in [5.74, 6) is 0. The lowest BCUT2D eigenvalue weighted by Crippen LogP contribution is -2.51. The van der Waals surface area contributed by atoms with Gasteiger partial charge < -0.3 is 4.90 Å². The van der Waals surface area contributed by atoms with Crippen LogP contribution in [0.3, 0.4) is 0 Å². The molecule has 226 valence electrons. The topological polar surface area (TPSA) is 3.24 Å². The third-order valence-electron chi connectivity index (χ3n) is 10.9. The quantitative estimate of drug-likeness (QED) is 0.174. The summed E-state index contributed by atoms with van der Waals surface area (Å²) in [5.41, 5.74) is 11.9. The van der Waals surface area contributed by atoms with Gasteiger partial charge in [-0.1, -0.05) is 148 Å². The van der Waals surface area contributed by atoms with Gasteiger partial charge in [0.25, 0.3) is 0 Å². The van der Waals surface area contributed by atoms with E-state index in [0.717, 1.165) is 0 Å². The first-order chi connectivity index (χ1) is 22.8. The third-order valence-corrected chi connectivity index (χ3v) is 18.0. The van der Waals surface area contributed by atoms with E-state index in [1.54, 1.807) is 5.19 Å². The molecule has 0 aromatic heterocycles. The summed E-state index contributed by atoms with van der Waals surface area (Å²) in [6.07, 6.45) is 0. The number of nitrogens with zero attached hydrogens (tertiary/aromatic N) is 1. The van der Waals surface area contributed by atoms with E-state index in [1.165, 1.54) is 76.8 Å². The zero-order chi connectivity index (χ0) is 31.9. The smallest absolute Gasteiger partial charge is 0.116 e. The highest BCUT2D eigenvalue weighted by Crippen LogP contribution is 2.41. The van der Waals surface area contributed by atoms with E-state index in [0.29, 0.717) is 0 Å². The number of anilines is 3. The van der Waals surface area contributed by atoms with Crippen molar-refractivity contribution in [1.29, 1.82) is 0 Å². The standard InChI is InChI=1S/C44H37NSi2/c1-46(2)41-21-9-7-16-36(41)38-28-27-33(29-43(38)46)45(40-20-12-19-39-37-17-8-10-22-42(37)47(3,4)44(39)40)32-25-23-31(24-26-32)35-18-11-14-30-13-5-6-15-34(30)35/h5-29H,1-4H3. The average molecular weight is 636 g/mol. The van der Waals surface area contributed by atoms with E-state index in [1.807, 2.05) is 0 Å². The minimum absolute atomic E-state index is 1.19. The van der Waals surface area contributed by atoms with E-state index < -0.39 is 16.1 Å². The summed E-state index contributed by atoms with van der Waals surface area (Å²) in [6.45, 7) is 10.1. The third kappa shape index (κ3) is 4.13. The van der Waals surface area contributed by atoms with Crippen molar-refractivity contribution in [2.45, 2.75) is 26.2 Å². The van der Waals surface area contributed by atoms with Crippen molar-refractivity contribution in [3.63, 3.8) is 0 Å². The Kier molecular flexibility index (Phi) is 6.18. The Bertz CT molecular complexity index is 2360. The molecule has 2 heterocycles. The molecule has 7 aromatic carbocycles. The fourth-order valence-electron chi connectivity index (χ4n) is 8.53. The summed E-state index contributed by atoms with van der Waals surface area (Å²) in [7, 11) is -3.84. The minimum Gasteiger partial charge on any atom is -0.311 e. The van der Waals surface area contributed by atoms with Crippen molar-refractivity contribution in [2.24, 2.45) is 0 Å². The maximum absolute atomic E-state index is 2.56. The normalized spacial score (nSPS) is 14.7. The second kappa shape index (κ2) is 10.3. The lowest BCUT2D eigenvalue weighted by Gasteiger charge is -2.32. The summed E-state index contributed by atoms with van der Waals surface area (Å²) in [5, 5.41) is 8.69. The first kappa shape index (κ1) is 28.3. The zero-order valence-electron chi connectivity index (χ0n) is 27.4. The molecular formula is C44H37NSi2. The van der Waals surface area contributed by atoms with Crippen LogP contribution >= 0.6 is 0 Å². The van der Waals surface area contributed by atoms with Crippen molar-refractivity contribution >= 4 is 64.7 Å². The highest BCUT2D eigenvalue weighted by molar-refractivity contribution is 7.05. The van der Waals surface area contributed by atoms with Gasteiger partial charge >= 0.3 is 0 Å². The Balaban J connectivity index is 1.25. The molecule has 0 spiro atoms. The Morgan fingerprint density at radius 3 is 1.74 bits per heavy atom. The molecule has 0 aliphatic carbocycles. The van der Waals surface area contributed by atoms with Gasteiger partial charge in [-0.15, -0.1) is 0 Å². The zero-order valence-corrected chi connectivity index (χ0v) is 29.4. The number of fused-ring (bicyclic) bond motifs is 7. The van der Waals surface area contributed by atoms with Crippen LogP contribution in [0, 0.1) is 0 Å². The molecule has 0 fully saturated rings. The second-order valence-corrected chi connectivity index (χ2v) is 22.8. The van der Waals surface area contributed by atoms with Gasteiger partial charge in [-0.25, -0.2) is 0 Å². The predicted molar refractivity (Wildman–Crippen MR) is 208 cm³/mol. The first-order valence-corrected chi connectivity index (χ1v) is 22.7. The molecule has 0 N–H and O–H groups in total. The van der Waals surface area contributed by atoms with Crippen molar-refractivity contribution in [3.8, 4) is 33.4 Å². The van der Waals surface area contributed by atoms with Crippen LogP contribution in [0.1, 0.15) is 0 Å². The van der Waals surface area contributed by atoms with Gasteiger partial charge in [-0.3, -0.25) is 0 Å². The fourth-order valence-corrected chi connectivity index (χ4v) is 15.0. The highest BCUT2D eigenvalue weighted by atomic mass is 28.3.